The van der Waals surface area contributed by atoms with Crippen molar-refractivity contribution < 1.29 is 19.1 Å². The largest absolute Gasteiger partial charge is 0.483 e. The van der Waals surface area contributed by atoms with Crippen LogP contribution in [0.4, 0.5) is 0 Å². The van der Waals surface area contributed by atoms with Crippen LogP contribution in [0.15, 0.2) is 42.5 Å². The van der Waals surface area contributed by atoms with Crippen molar-refractivity contribution in [2.24, 2.45) is 0 Å². The van der Waals surface area contributed by atoms with E-state index in [4.69, 9.17) is 21.1 Å². The third-order valence-electron chi connectivity index (χ3n) is 5.00. The highest BCUT2D eigenvalue weighted by atomic mass is 35.5. The summed E-state index contributed by atoms with van der Waals surface area (Å²) in [5.41, 5.74) is 2.91. The predicted molar refractivity (Wildman–Crippen MR) is 104 cm³/mol. The summed E-state index contributed by atoms with van der Waals surface area (Å²) in [6.07, 6.45) is 0.206. The summed E-state index contributed by atoms with van der Waals surface area (Å²) in [5, 5.41) is 3.49. The minimum Gasteiger partial charge on any atom is -0.483 e. The van der Waals surface area contributed by atoms with Crippen LogP contribution >= 0.6 is 11.6 Å². The molecule has 2 aromatic carbocycles. The minimum absolute atomic E-state index is 0.0261. The fraction of sp³-hybridized carbons (Fsp3) is 0.333. The van der Waals surface area contributed by atoms with E-state index in [0.717, 1.165) is 23.1 Å². The van der Waals surface area contributed by atoms with Gasteiger partial charge >= 0.3 is 0 Å². The maximum atomic E-state index is 12.6. The molecule has 2 aliphatic rings. The van der Waals surface area contributed by atoms with Gasteiger partial charge in [0, 0.05) is 30.2 Å². The molecule has 0 saturated heterocycles. The fourth-order valence-electron chi connectivity index (χ4n) is 3.56. The molecule has 0 bridgehead atoms. The molecular weight excluding hydrogens is 380 g/mol. The highest BCUT2D eigenvalue weighted by Crippen LogP contribution is 2.28. The Kier molecular flexibility index (Phi) is 5.50. The zero-order valence-electron chi connectivity index (χ0n) is 15.3. The Bertz CT molecular complexity index is 902. The van der Waals surface area contributed by atoms with Crippen molar-refractivity contribution in [2.45, 2.75) is 19.1 Å². The lowest BCUT2D eigenvalue weighted by molar-refractivity contribution is -0.136. The van der Waals surface area contributed by atoms with Crippen LogP contribution in [0.3, 0.4) is 0 Å². The molecule has 2 aromatic rings. The van der Waals surface area contributed by atoms with Gasteiger partial charge in [-0.25, -0.2) is 0 Å². The average Bonchev–Trinajstić information content (AvgIpc) is 2.86. The first-order valence-corrected chi connectivity index (χ1v) is 9.66. The summed E-state index contributed by atoms with van der Waals surface area (Å²) in [6.45, 7) is 1.61. The number of amides is 2. The predicted octanol–water partition coefficient (Wildman–Crippen LogP) is 2.49. The molecule has 2 heterocycles. The molecule has 2 aliphatic heterocycles. The average molecular weight is 401 g/mol. The van der Waals surface area contributed by atoms with Crippen molar-refractivity contribution in [3.8, 4) is 5.75 Å². The lowest BCUT2D eigenvalue weighted by Gasteiger charge is -2.26. The Hall–Kier alpha value is -2.57. The Morgan fingerprint density at radius 2 is 2.07 bits per heavy atom. The minimum atomic E-state index is -0.604. The Morgan fingerprint density at radius 1 is 1.21 bits per heavy atom. The van der Waals surface area contributed by atoms with Gasteiger partial charge in [0.05, 0.1) is 6.61 Å². The molecule has 28 heavy (non-hydrogen) atoms. The number of carbonyl (C=O) groups is 2. The van der Waals surface area contributed by atoms with Crippen LogP contribution in [0.1, 0.15) is 22.8 Å². The van der Waals surface area contributed by atoms with Crippen molar-refractivity contribution in [1.29, 1.82) is 0 Å². The number of halogens is 1. The van der Waals surface area contributed by atoms with Crippen molar-refractivity contribution >= 4 is 23.4 Å². The van der Waals surface area contributed by atoms with Gasteiger partial charge in [-0.15, -0.1) is 0 Å². The Labute approximate surface area is 168 Å². The van der Waals surface area contributed by atoms with E-state index in [-0.39, 0.29) is 18.4 Å². The number of nitrogens with one attached hydrogen (secondary N) is 1. The number of hydrogen-bond acceptors (Lipinski definition) is 4. The molecule has 2 amide bonds. The standard InChI is InChI=1S/C21H21ClN2O4/c22-16-5-6-18-15(11-16)12-24(19(25)13-28-18)9-8-23-21(26)20-17-4-2-1-3-14(17)7-10-27-20/h1-6,11,20H,7-10,12-13H2,(H,23,26). The zero-order valence-corrected chi connectivity index (χ0v) is 16.1. The second kappa shape index (κ2) is 8.20. The molecular formula is C21H21ClN2O4. The van der Waals surface area contributed by atoms with E-state index < -0.39 is 6.10 Å². The van der Waals surface area contributed by atoms with Gasteiger partial charge in [-0.1, -0.05) is 35.9 Å². The molecule has 0 radical (unpaired) electrons. The number of benzene rings is 2. The van der Waals surface area contributed by atoms with Crippen LogP contribution in [0, 0.1) is 0 Å². The van der Waals surface area contributed by atoms with Gasteiger partial charge in [-0.2, -0.15) is 0 Å². The molecule has 0 spiro atoms. The summed E-state index contributed by atoms with van der Waals surface area (Å²) in [5.74, 6) is 0.353. The van der Waals surface area contributed by atoms with Crippen LogP contribution in [0.2, 0.25) is 5.02 Å². The van der Waals surface area contributed by atoms with Gasteiger partial charge in [0.2, 0.25) is 0 Å². The summed E-state index contributed by atoms with van der Waals surface area (Å²) < 4.78 is 11.2. The van der Waals surface area contributed by atoms with Crippen molar-refractivity contribution in [2.75, 3.05) is 26.3 Å². The molecule has 0 aliphatic carbocycles. The van der Waals surface area contributed by atoms with E-state index in [0.29, 0.717) is 37.0 Å². The third kappa shape index (κ3) is 3.98. The molecule has 0 fully saturated rings. The number of ether oxygens (including phenoxy) is 2. The van der Waals surface area contributed by atoms with Crippen molar-refractivity contribution in [1.82, 2.24) is 10.2 Å². The maximum absolute atomic E-state index is 12.6. The number of rotatable bonds is 4. The highest BCUT2D eigenvalue weighted by molar-refractivity contribution is 6.30. The topological polar surface area (TPSA) is 67.9 Å². The molecule has 6 nitrogen and oxygen atoms in total. The summed E-state index contributed by atoms with van der Waals surface area (Å²) >= 11 is 6.06. The first kappa shape index (κ1) is 18.8. The van der Waals surface area contributed by atoms with Gasteiger partial charge in [0.25, 0.3) is 11.8 Å². The summed E-state index contributed by atoms with van der Waals surface area (Å²) in [6, 6.07) is 13.1. The summed E-state index contributed by atoms with van der Waals surface area (Å²) in [4.78, 5) is 26.6. The van der Waals surface area contributed by atoms with Crippen LogP contribution in [-0.2, 0) is 27.3 Å². The molecule has 4 rings (SSSR count). The van der Waals surface area contributed by atoms with Crippen LogP contribution in [0.25, 0.3) is 0 Å². The highest BCUT2D eigenvalue weighted by Gasteiger charge is 2.27. The van der Waals surface area contributed by atoms with Crippen LogP contribution in [0.5, 0.6) is 5.75 Å². The van der Waals surface area contributed by atoms with E-state index in [1.54, 1.807) is 23.1 Å². The van der Waals surface area contributed by atoms with E-state index in [1.807, 2.05) is 24.3 Å². The number of hydrogen-bond donors (Lipinski definition) is 1. The number of fused-ring (bicyclic) bond motifs is 2. The number of carbonyl (C=O) groups excluding carboxylic acids is 2. The summed E-state index contributed by atoms with van der Waals surface area (Å²) in [7, 11) is 0. The van der Waals surface area contributed by atoms with Crippen molar-refractivity contribution in [3.05, 3.63) is 64.2 Å². The normalized spacial score (nSPS) is 18.5. The van der Waals surface area contributed by atoms with Gasteiger partial charge in [-0.05, 0) is 35.7 Å². The van der Waals surface area contributed by atoms with Gasteiger partial charge < -0.3 is 19.7 Å². The van der Waals surface area contributed by atoms with Crippen LogP contribution in [-0.4, -0.2) is 43.0 Å². The van der Waals surface area contributed by atoms with Gasteiger partial charge in [-0.3, -0.25) is 9.59 Å². The van der Waals surface area contributed by atoms with E-state index in [1.165, 1.54) is 0 Å². The van der Waals surface area contributed by atoms with Gasteiger partial charge in [0.15, 0.2) is 12.7 Å². The van der Waals surface area contributed by atoms with Gasteiger partial charge in [0.1, 0.15) is 5.75 Å². The lowest BCUT2D eigenvalue weighted by Crippen LogP contribution is -2.41. The first-order chi connectivity index (χ1) is 13.6. The quantitative estimate of drug-likeness (QED) is 0.856. The second-order valence-corrected chi connectivity index (χ2v) is 7.28. The number of nitrogens with zero attached hydrogens (tertiary/aromatic N) is 1. The molecule has 7 heteroatoms. The third-order valence-corrected chi connectivity index (χ3v) is 5.24. The fourth-order valence-corrected chi connectivity index (χ4v) is 3.75. The monoisotopic (exact) mass is 400 g/mol. The lowest BCUT2D eigenvalue weighted by atomic mass is 9.97. The smallest absolute Gasteiger partial charge is 0.260 e. The van der Waals surface area contributed by atoms with Crippen LogP contribution < -0.4 is 10.1 Å². The van der Waals surface area contributed by atoms with E-state index in [9.17, 15) is 9.59 Å². The Balaban J connectivity index is 1.37. The maximum Gasteiger partial charge on any atom is 0.260 e. The van der Waals surface area contributed by atoms with E-state index >= 15 is 0 Å². The molecule has 1 N–H and O–H groups in total. The Morgan fingerprint density at radius 3 is 2.96 bits per heavy atom. The molecule has 1 atom stereocenters. The first-order valence-electron chi connectivity index (χ1n) is 9.28. The second-order valence-electron chi connectivity index (χ2n) is 6.85. The molecule has 146 valence electrons. The molecule has 0 saturated carbocycles. The SMILES string of the molecule is O=C(NCCN1Cc2cc(Cl)ccc2OCC1=O)C1OCCc2ccccc21. The molecule has 0 aromatic heterocycles. The van der Waals surface area contributed by atoms with E-state index in [2.05, 4.69) is 5.32 Å². The molecule has 1 unspecified atom stereocenters. The van der Waals surface area contributed by atoms with Crippen molar-refractivity contribution in [3.63, 3.8) is 0 Å². The zero-order chi connectivity index (χ0) is 19.5.